The van der Waals surface area contributed by atoms with Gasteiger partial charge in [0.05, 0.1) is 53.4 Å². The first-order chi connectivity index (χ1) is 20.2. The van der Waals surface area contributed by atoms with E-state index >= 15 is 0 Å². The summed E-state index contributed by atoms with van der Waals surface area (Å²) in [5.41, 5.74) is 7.41. The summed E-state index contributed by atoms with van der Waals surface area (Å²) in [7, 11) is -4.11. The van der Waals surface area contributed by atoms with Gasteiger partial charge >= 0.3 is 0 Å². The van der Waals surface area contributed by atoms with Crippen LogP contribution in [0.2, 0.25) is 0 Å². The molecule has 4 fully saturated rings. The number of nitrogens with zero attached hydrogens (tertiary/aromatic N) is 5. The molecule has 0 aliphatic carbocycles. The standard InChI is InChI=1S/C29H38N6O7S.ClH/c1-17-22(27(29(39)40)33-26(17)25(19(3)36)28(33)38)15-32-31-18(2)21-14-20(4-5-23(21)43(32,41)42)6-7-34-8-11-35(12-9-34,13-10-34)16-24(30)37;/h4-5,14,17,19,25-26,36H,6-13,15-16H2,1-3H3,(H-2,30,37,39,40);1H/t17-,19+,25+,26+,34?,35?;/m0./s1. The highest BCUT2D eigenvalue weighted by Crippen LogP contribution is 2.47. The maximum absolute atomic E-state index is 13.7. The molecule has 240 valence electrons. The van der Waals surface area contributed by atoms with Crippen molar-refractivity contribution in [3.05, 3.63) is 40.6 Å². The summed E-state index contributed by atoms with van der Waals surface area (Å²) in [6.07, 6.45) is -0.197. The zero-order chi connectivity index (χ0) is 31.1. The molecule has 13 nitrogen and oxygen atoms in total. The quantitative estimate of drug-likeness (QED) is 0.199. The number of nitrogens with two attached hydrogens (primary N) is 1. The highest BCUT2D eigenvalue weighted by molar-refractivity contribution is 7.89. The summed E-state index contributed by atoms with van der Waals surface area (Å²) in [5.74, 6) is -3.59. The summed E-state index contributed by atoms with van der Waals surface area (Å²) in [6, 6.07) is 4.73. The molecule has 44 heavy (non-hydrogen) atoms. The van der Waals surface area contributed by atoms with Crippen molar-refractivity contribution in [1.82, 2.24) is 9.31 Å². The third-order valence-corrected chi connectivity index (χ3v) is 12.3. The van der Waals surface area contributed by atoms with E-state index in [9.17, 15) is 33.0 Å². The minimum Gasteiger partial charge on any atom is -1.00 e. The molecule has 4 atom stereocenters. The van der Waals surface area contributed by atoms with Gasteiger partial charge in [-0.25, -0.2) is 0 Å². The zero-order valence-corrected chi connectivity index (χ0v) is 26.7. The summed E-state index contributed by atoms with van der Waals surface area (Å²) in [4.78, 5) is 37.6. The van der Waals surface area contributed by atoms with Crippen LogP contribution in [-0.2, 0) is 30.8 Å². The van der Waals surface area contributed by atoms with E-state index in [0.717, 1.165) is 76.1 Å². The molecule has 2 bridgehead atoms. The van der Waals surface area contributed by atoms with Crippen molar-refractivity contribution in [2.45, 2.75) is 44.2 Å². The highest BCUT2D eigenvalue weighted by atomic mass is 35.5. The van der Waals surface area contributed by atoms with E-state index in [4.69, 9.17) is 5.73 Å². The number of aliphatic hydroxyl groups excluding tert-OH is 1. The lowest BCUT2D eigenvalue weighted by Gasteiger charge is -2.55. The molecule has 2 amide bonds. The molecule has 15 heteroatoms. The number of fused-ring (bicyclic) bond motifs is 5. The van der Waals surface area contributed by atoms with Crippen molar-refractivity contribution in [1.29, 1.82) is 0 Å². The number of primary amides is 1. The molecule has 6 aliphatic heterocycles. The maximum Gasteiger partial charge on any atom is 0.279 e. The predicted molar refractivity (Wildman–Crippen MR) is 152 cm³/mol. The van der Waals surface area contributed by atoms with Gasteiger partial charge in [-0.15, -0.1) is 0 Å². The lowest BCUT2D eigenvalue weighted by molar-refractivity contribution is -1.08. The van der Waals surface area contributed by atoms with Crippen molar-refractivity contribution < 1.29 is 54.4 Å². The Balaban J connectivity index is 0.00000384. The van der Waals surface area contributed by atoms with E-state index in [1.807, 2.05) is 12.1 Å². The van der Waals surface area contributed by atoms with Gasteiger partial charge in [-0.2, -0.15) is 17.9 Å². The van der Waals surface area contributed by atoms with Gasteiger partial charge in [0.15, 0.2) is 6.54 Å². The summed E-state index contributed by atoms with van der Waals surface area (Å²) in [6.45, 7) is 11.7. The molecule has 0 radical (unpaired) electrons. The Morgan fingerprint density at radius 1 is 1.16 bits per heavy atom. The second kappa shape index (κ2) is 11.1. The lowest BCUT2D eigenvalue weighted by Crippen LogP contribution is -3.00. The van der Waals surface area contributed by atoms with Gasteiger partial charge in [-0.05, 0) is 37.1 Å². The number of carboxylic acid groups (broad SMARTS) is 1. The van der Waals surface area contributed by atoms with Gasteiger partial charge in [0.1, 0.15) is 39.3 Å². The van der Waals surface area contributed by atoms with E-state index in [0.29, 0.717) is 17.8 Å². The SMILES string of the molecule is CC1=NN(CC2=C(C(=O)[O-])N3C(=O)[C@H]([C@@H](C)O)[C@H]3[C@H]2C)S(=O)(=O)c2ccc(CC[N+]34CC[N+](CC(N)=O)(CC3)CC4)cc21.[Cl-]. The van der Waals surface area contributed by atoms with Crippen molar-refractivity contribution in [2.75, 3.05) is 58.9 Å². The molecule has 1 aromatic carbocycles. The minimum absolute atomic E-state index is 0. The normalized spacial score (nSPS) is 32.3. The molecule has 0 saturated carbocycles. The van der Waals surface area contributed by atoms with Crippen LogP contribution >= 0.6 is 0 Å². The van der Waals surface area contributed by atoms with E-state index in [-0.39, 0.29) is 41.0 Å². The number of carbonyl (C=O) groups excluding carboxylic acids is 3. The Hall–Kier alpha value is -3.04. The monoisotopic (exact) mass is 650 g/mol. The van der Waals surface area contributed by atoms with Gasteiger partial charge in [0.25, 0.3) is 15.9 Å². The van der Waals surface area contributed by atoms with Gasteiger partial charge in [0.2, 0.25) is 5.91 Å². The van der Waals surface area contributed by atoms with Crippen molar-refractivity contribution in [3.8, 4) is 0 Å². The minimum atomic E-state index is -4.11. The molecular weight excluding hydrogens is 612 g/mol. The fourth-order valence-corrected chi connectivity index (χ4v) is 9.44. The number of hydrogen-bond donors (Lipinski definition) is 2. The highest BCUT2D eigenvalue weighted by Gasteiger charge is 2.59. The topological polar surface area (TPSA) is 174 Å². The molecule has 6 heterocycles. The number of amides is 2. The second-order valence-corrected chi connectivity index (χ2v) is 14.9. The average molecular weight is 651 g/mol. The van der Waals surface area contributed by atoms with Gasteiger partial charge in [-0.3, -0.25) is 9.59 Å². The zero-order valence-electron chi connectivity index (χ0n) is 25.1. The summed E-state index contributed by atoms with van der Waals surface area (Å²) >= 11 is 0. The smallest absolute Gasteiger partial charge is 0.279 e. The number of aliphatic hydroxyl groups is 1. The van der Waals surface area contributed by atoms with Crippen LogP contribution in [0, 0.1) is 11.8 Å². The van der Waals surface area contributed by atoms with Crippen molar-refractivity contribution >= 4 is 33.5 Å². The Morgan fingerprint density at radius 3 is 2.34 bits per heavy atom. The number of carbonyl (C=O) groups is 3. The molecule has 0 aromatic heterocycles. The van der Waals surface area contributed by atoms with Crippen LogP contribution in [0.15, 0.2) is 39.5 Å². The molecule has 1 aromatic rings. The van der Waals surface area contributed by atoms with Crippen LogP contribution in [0.25, 0.3) is 0 Å². The molecule has 0 unspecified atom stereocenters. The molecule has 6 aliphatic rings. The maximum atomic E-state index is 13.7. The number of β-lactam (4-membered cyclic amide) rings is 1. The predicted octanol–water partition coefficient (Wildman–Crippen LogP) is -5.03. The molecule has 0 spiro atoms. The van der Waals surface area contributed by atoms with Gasteiger partial charge in [0, 0.05) is 17.9 Å². The third kappa shape index (κ3) is 5.00. The van der Waals surface area contributed by atoms with Crippen molar-refractivity contribution in [3.63, 3.8) is 0 Å². The van der Waals surface area contributed by atoms with E-state index in [2.05, 4.69) is 5.10 Å². The van der Waals surface area contributed by atoms with E-state index in [1.165, 1.54) is 6.92 Å². The van der Waals surface area contributed by atoms with Crippen LogP contribution < -0.4 is 23.2 Å². The number of benzene rings is 1. The lowest BCUT2D eigenvalue weighted by atomic mass is 9.78. The van der Waals surface area contributed by atoms with Crippen LogP contribution in [-0.4, -0.2) is 126 Å². The fraction of sp³-hybridized carbons (Fsp3) is 0.586. The van der Waals surface area contributed by atoms with Crippen LogP contribution in [0.3, 0.4) is 0 Å². The number of aliphatic carboxylic acids is 1. The largest absolute Gasteiger partial charge is 1.00 e. The van der Waals surface area contributed by atoms with E-state index in [1.54, 1.807) is 19.9 Å². The summed E-state index contributed by atoms with van der Waals surface area (Å²) < 4.78 is 30.2. The molecular formula is C29H39ClN6O7S. The van der Waals surface area contributed by atoms with E-state index < -0.39 is 45.9 Å². The number of piperazine rings is 3. The van der Waals surface area contributed by atoms with Crippen molar-refractivity contribution in [2.24, 2.45) is 22.7 Å². The van der Waals surface area contributed by atoms with Gasteiger partial charge < -0.3 is 47.0 Å². The molecule has 4 saturated heterocycles. The number of carboxylic acids is 1. The number of hydrogen-bond acceptors (Lipinski definition) is 8. The second-order valence-electron chi connectivity index (χ2n) is 13.0. The number of hydrazone groups is 1. The Morgan fingerprint density at radius 2 is 1.77 bits per heavy atom. The fourth-order valence-electron chi connectivity index (χ4n) is 7.95. The summed E-state index contributed by atoms with van der Waals surface area (Å²) in [5, 5.41) is 26.6. The first-order valence-corrected chi connectivity index (χ1v) is 16.3. The van der Waals surface area contributed by atoms with Crippen LogP contribution in [0.5, 0.6) is 0 Å². The number of sulfonamides is 1. The number of quaternary nitrogens is 2. The first kappa shape index (κ1) is 32.4. The Labute approximate surface area is 263 Å². The number of halogens is 1. The first-order valence-electron chi connectivity index (χ1n) is 14.8. The Bertz CT molecular complexity index is 1570. The molecule has 7 rings (SSSR count). The Kier molecular flexibility index (Phi) is 8.15. The van der Waals surface area contributed by atoms with Crippen LogP contribution in [0.4, 0.5) is 0 Å². The average Bonchev–Trinajstić information content (AvgIpc) is 3.19. The van der Waals surface area contributed by atoms with Crippen LogP contribution in [0.1, 0.15) is 31.9 Å². The third-order valence-electron chi connectivity index (χ3n) is 10.6. The molecule has 3 N–H and O–H groups in total. The number of rotatable bonds is 9. The van der Waals surface area contributed by atoms with Gasteiger partial charge in [-0.1, -0.05) is 13.0 Å².